The van der Waals surface area contributed by atoms with Gasteiger partial charge in [0.2, 0.25) is 0 Å². The van der Waals surface area contributed by atoms with E-state index in [1.54, 1.807) is 5.38 Å². The van der Waals surface area contributed by atoms with Gasteiger partial charge in [0, 0.05) is 11.1 Å². The van der Waals surface area contributed by atoms with Crippen LogP contribution in [-0.4, -0.2) is 16.1 Å². The lowest BCUT2D eigenvalue weighted by atomic mass is 10.1. The molecule has 94 valence electrons. The van der Waals surface area contributed by atoms with Crippen molar-refractivity contribution in [3.63, 3.8) is 0 Å². The second kappa shape index (κ2) is 5.01. The van der Waals surface area contributed by atoms with E-state index in [0.717, 1.165) is 17.4 Å². The molecule has 0 saturated heterocycles. The first-order valence-electron chi connectivity index (χ1n) is 5.00. The second-order valence-electron chi connectivity index (χ2n) is 3.49. The zero-order valence-corrected chi connectivity index (χ0v) is 9.88. The van der Waals surface area contributed by atoms with Gasteiger partial charge in [0.1, 0.15) is 11.4 Å². The van der Waals surface area contributed by atoms with Crippen LogP contribution in [0.2, 0.25) is 0 Å². The van der Waals surface area contributed by atoms with Crippen LogP contribution in [0.15, 0.2) is 28.4 Å². The van der Waals surface area contributed by atoms with E-state index in [1.807, 2.05) is 0 Å². The number of aromatic amines is 1. The second-order valence-corrected chi connectivity index (χ2v) is 4.34. The van der Waals surface area contributed by atoms with Crippen LogP contribution in [-0.2, 0) is 6.54 Å². The van der Waals surface area contributed by atoms with E-state index in [-0.39, 0.29) is 17.1 Å². The van der Waals surface area contributed by atoms with Crippen LogP contribution in [0, 0.1) is 5.82 Å². The molecule has 0 radical (unpaired) electrons. The van der Waals surface area contributed by atoms with Crippen molar-refractivity contribution in [2.75, 3.05) is 5.32 Å². The van der Waals surface area contributed by atoms with E-state index in [4.69, 9.17) is 5.11 Å². The number of nitrogens with one attached hydrogen (secondary N) is 2. The largest absolute Gasteiger partial charge is 0.478 e. The van der Waals surface area contributed by atoms with Crippen molar-refractivity contribution in [2.45, 2.75) is 6.54 Å². The molecule has 1 heterocycles. The maximum Gasteiger partial charge on any atom is 0.340 e. The Hall–Kier alpha value is -2.15. The number of H-pyrrole nitrogens is 1. The average molecular weight is 268 g/mol. The Kier molecular flexibility index (Phi) is 3.42. The summed E-state index contributed by atoms with van der Waals surface area (Å²) in [7, 11) is 0. The summed E-state index contributed by atoms with van der Waals surface area (Å²) in [5, 5.41) is 13.3. The number of hydrogen-bond donors (Lipinski definition) is 3. The van der Waals surface area contributed by atoms with Gasteiger partial charge in [-0.3, -0.25) is 4.79 Å². The molecule has 1 aromatic carbocycles. The number of carboxylic acid groups (broad SMARTS) is 1. The number of anilines is 1. The lowest BCUT2D eigenvalue weighted by molar-refractivity contribution is 0.0693. The molecule has 0 spiro atoms. The number of rotatable bonds is 4. The van der Waals surface area contributed by atoms with E-state index in [1.165, 1.54) is 12.1 Å². The fraction of sp³-hybridized carbons (Fsp3) is 0.0909. The van der Waals surface area contributed by atoms with E-state index in [9.17, 15) is 14.0 Å². The Morgan fingerprint density at radius 2 is 2.28 bits per heavy atom. The molecule has 0 unspecified atom stereocenters. The van der Waals surface area contributed by atoms with Crippen molar-refractivity contribution in [1.82, 2.24) is 4.98 Å². The number of halogens is 1. The van der Waals surface area contributed by atoms with Crippen molar-refractivity contribution in [1.29, 1.82) is 0 Å². The standard InChI is InChI=1S/C11H9FN2O3S/c12-7-2-1-3-8(9(7)10(15)16)13-4-6-5-18-11(17)14-6/h1-3,5,13H,4H2,(H,14,17)(H,15,16). The molecule has 0 bridgehead atoms. The predicted octanol–water partition coefficient (Wildman–Crippen LogP) is 1.89. The first-order valence-corrected chi connectivity index (χ1v) is 5.88. The Bertz CT molecular complexity index is 635. The topological polar surface area (TPSA) is 82.2 Å². The third-order valence-electron chi connectivity index (χ3n) is 2.27. The first kappa shape index (κ1) is 12.3. The molecule has 0 aliphatic heterocycles. The maximum absolute atomic E-state index is 13.4. The lowest BCUT2D eigenvalue weighted by Gasteiger charge is -2.08. The third kappa shape index (κ3) is 2.57. The highest BCUT2D eigenvalue weighted by Gasteiger charge is 2.15. The number of aromatic nitrogens is 1. The Balaban J connectivity index is 2.21. The minimum atomic E-state index is -1.34. The summed E-state index contributed by atoms with van der Waals surface area (Å²) >= 11 is 1.01. The fourth-order valence-corrected chi connectivity index (χ4v) is 2.06. The van der Waals surface area contributed by atoms with Gasteiger partial charge in [0.25, 0.3) is 0 Å². The molecule has 0 aliphatic carbocycles. The lowest BCUT2D eigenvalue weighted by Crippen LogP contribution is -2.09. The minimum absolute atomic E-state index is 0.176. The van der Waals surface area contributed by atoms with E-state index < -0.39 is 17.3 Å². The summed E-state index contributed by atoms with van der Waals surface area (Å²) < 4.78 is 13.4. The quantitative estimate of drug-likeness (QED) is 0.790. The van der Waals surface area contributed by atoms with Crippen molar-refractivity contribution in [2.24, 2.45) is 0 Å². The van der Waals surface area contributed by atoms with Gasteiger partial charge in [0.15, 0.2) is 0 Å². The van der Waals surface area contributed by atoms with Crippen LogP contribution < -0.4 is 10.2 Å². The Morgan fingerprint density at radius 1 is 1.50 bits per heavy atom. The van der Waals surface area contributed by atoms with Gasteiger partial charge in [-0.05, 0) is 12.1 Å². The predicted molar refractivity (Wildman–Crippen MR) is 65.6 cm³/mol. The summed E-state index contributed by atoms with van der Waals surface area (Å²) in [5.74, 6) is -2.14. The highest BCUT2D eigenvalue weighted by molar-refractivity contribution is 7.07. The summed E-state index contributed by atoms with van der Waals surface area (Å²) in [6, 6.07) is 3.97. The molecule has 0 atom stereocenters. The number of thiazole rings is 1. The van der Waals surface area contributed by atoms with Gasteiger partial charge in [-0.15, -0.1) is 0 Å². The molecule has 18 heavy (non-hydrogen) atoms. The van der Waals surface area contributed by atoms with Crippen molar-refractivity contribution in [3.8, 4) is 0 Å². The van der Waals surface area contributed by atoms with Gasteiger partial charge in [-0.1, -0.05) is 17.4 Å². The Labute approximate surface area is 105 Å². The Morgan fingerprint density at radius 3 is 2.89 bits per heavy atom. The number of carboxylic acids is 1. The molecule has 0 aliphatic rings. The first-order chi connectivity index (χ1) is 8.58. The molecular weight excluding hydrogens is 259 g/mol. The summed E-state index contributed by atoms with van der Waals surface area (Å²) in [5.41, 5.74) is 0.384. The molecule has 3 N–H and O–H groups in total. The molecule has 2 rings (SSSR count). The van der Waals surface area contributed by atoms with E-state index in [0.29, 0.717) is 5.69 Å². The third-order valence-corrected chi connectivity index (χ3v) is 2.99. The van der Waals surface area contributed by atoms with Crippen molar-refractivity contribution >= 4 is 23.0 Å². The van der Waals surface area contributed by atoms with E-state index >= 15 is 0 Å². The molecule has 5 nitrogen and oxygen atoms in total. The SMILES string of the molecule is O=C(O)c1c(F)cccc1NCc1csc(=O)[nH]1. The molecule has 1 aromatic heterocycles. The monoisotopic (exact) mass is 268 g/mol. The number of aromatic carboxylic acids is 1. The minimum Gasteiger partial charge on any atom is -0.478 e. The normalized spacial score (nSPS) is 10.3. The number of benzene rings is 1. The van der Waals surface area contributed by atoms with Crippen LogP contribution in [0.5, 0.6) is 0 Å². The fourth-order valence-electron chi connectivity index (χ4n) is 1.48. The molecule has 7 heteroatoms. The van der Waals surface area contributed by atoms with Crippen molar-refractivity contribution < 1.29 is 14.3 Å². The zero-order chi connectivity index (χ0) is 13.1. The average Bonchev–Trinajstić information content (AvgIpc) is 2.72. The van der Waals surface area contributed by atoms with Gasteiger partial charge in [-0.25, -0.2) is 9.18 Å². The number of hydrogen-bond acceptors (Lipinski definition) is 4. The molecule has 0 fully saturated rings. The van der Waals surface area contributed by atoms with Crippen LogP contribution in [0.3, 0.4) is 0 Å². The molecule has 0 amide bonds. The highest BCUT2D eigenvalue weighted by Crippen LogP contribution is 2.19. The van der Waals surface area contributed by atoms with Crippen LogP contribution >= 0.6 is 11.3 Å². The van der Waals surface area contributed by atoms with Crippen molar-refractivity contribution in [3.05, 3.63) is 50.3 Å². The van der Waals surface area contributed by atoms with Crippen LogP contribution in [0.25, 0.3) is 0 Å². The van der Waals surface area contributed by atoms with E-state index in [2.05, 4.69) is 10.3 Å². The molecule has 0 saturated carbocycles. The van der Waals surface area contributed by atoms with Gasteiger partial charge >= 0.3 is 10.8 Å². The summed E-state index contributed by atoms with van der Waals surface area (Å²) in [6.45, 7) is 0.225. The molecular formula is C11H9FN2O3S. The highest BCUT2D eigenvalue weighted by atomic mass is 32.1. The molecule has 2 aromatic rings. The number of carbonyl (C=O) groups is 1. The smallest absolute Gasteiger partial charge is 0.340 e. The zero-order valence-electron chi connectivity index (χ0n) is 9.07. The van der Waals surface area contributed by atoms with Gasteiger partial charge in [0.05, 0.1) is 12.2 Å². The van der Waals surface area contributed by atoms with Gasteiger partial charge in [-0.2, -0.15) is 0 Å². The van der Waals surface area contributed by atoms with Crippen LogP contribution in [0.4, 0.5) is 10.1 Å². The van der Waals surface area contributed by atoms with Gasteiger partial charge < -0.3 is 15.4 Å². The maximum atomic E-state index is 13.4. The summed E-state index contributed by atoms with van der Waals surface area (Å²) in [4.78, 5) is 24.2. The summed E-state index contributed by atoms with van der Waals surface area (Å²) in [6.07, 6.45) is 0. The van der Waals surface area contributed by atoms with Crippen LogP contribution in [0.1, 0.15) is 16.1 Å².